The van der Waals surface area contributed by atoms with Gasteiger partial charge in [0.2, 0.25) is 0 Å². The Bertz CT molecular complexity index is 972. The fraction of sp³-hybridized carbons (Fsp3) is 0.136. The summed E-state index contributed by atoms with van der Waals surface area (Å²) >= 11 is 0. The van der Waals surface area contributed by atoms with Crippen LogP contribution < -0.4 is 10.1 Å². The molecule has 4 rings (SSSR count). The number of ether oxygens (including phenoxy) is 1. The van der Waals surface area contributed by atoms with E-state index < -0.39 is 0 Å². The van der Waals surface area contributed by atoms with Crippen LogP contribution in [0.2, 0.25) is 0 Å². The largest absolute Gasteiger partial charge is 0.504 e. The average Bonchev–Trinajstić information content (AvgIpc) is 2.71. The molecule has 1 amide bonds. The lowest BCUT2D eigenvalue weighted by Crippen LogP contribution is -2.42. The lowest BCUT2D eigenvalue weighted by Gasteiger charge is -2.38. The van der Waals surface area contributed by atoms with E-state index in [9.17, 15) is 9.90 Å². The fourth-order valence-electron chi connectivity index (χ4n) is 3.36. The molecule has 0 saturated heterocycles. The summed E-state index contributed by atoms with van der Waals surface area (Å²) in [5, 5.41) is 13.4. The van der Waals surface area contributed by atoms with Gasteiger partial charge >= 0.3 is 0 Å². The lowest BCUT2D eigenvalue weighted by molar-refractivity contribution is 0.0666. The minimum Gasteiger partial charge on any atom is -0.504 e. The molecule has 0 aromatic heterocycles. The molecule has 27 heavy (non-hydrogen) atoms. The van der Waals surface area contributed by atoms with Gasteiger partial charge in [-0.05, 0) is 35.4 Å². The van der Waals surface area contributed by atoms with E-state index in [1.807, 2.05) is 54.6 Å². The van der Waals surface area contributed by atoms with Crippen molar-refractivity contribution in [1.29, 1.82) is 0 Å². The molecule has 0 bridgehead atoms. The Morgan fingerprint density at radius 1 is 1.04 bits per heavy atom. The maximum absolute atomic E-state index is 13.2. The van der Waals surface area contributed by atoms with Crippen LogP contribution in [0.25, 0.3) is 0 Å². The number of benzene rings is 3. The average molecular weight is 360 g/mol. The van der Waals surface area contributed by atoms with Crippen LogP contribution in [0, 0.1) is 0 Å². The minimum atomic E-state index is -0.373. The van der Waals surface area contributed by atoms with Gasteiger partial charge in [0.25, 0.3) is 5.91 Å². The van der Waals surface area contributed by atoms with Crippen LogP contribution in [-0.4, -0.2) is 23.0 Å². The first kappa shape index (κ1) is 17.0. The number of aromatic hydroxyl groups is 1. The zero-order chi connectivity index (χ0) is 18.8. The number of rotatable bonds is 4. The van der Waals surface area contributed by atoms with Gasteiger partial charge in [-0.15, -0.1) is 0 Å². The third-order valence-electron chi connectivity index (χ3n) is 4.74. The van der Waals surface area contributed by atoms with Gasteiger partial charge in [0, 0.05) is 12.2 Å². The summed E-state index contributed by atoms with van der Waals surface area (Å²) in [6.07, 6.45) is -0.373. The second kappa shape index (κ2) is 7.03. The summed E-state index contributed by atoms with van der Waals surface area (Å²) < 4.78 is 5.25. The molecule has 1 atom stereocenters. The summed E-state index contributed by atoms with van der Waals surface area (Å²) in [6, 6.07) is 22.5. The molecule has 5 nitrogen and oxygen atoms in total. The van der Waals surface area contributed by atoms with Crippen molar-refractivity contribution in [3.8, 4) is 11.5 Å². The Morgan fingerprint density at radius 3 is 2.56 bits per heavy atom. The highest BCUT2D eigenvalue weighted by molar-refractivity contribution is 6.01. The normalized spacial score (nSPS) is 15.8. The summed E-state index contributed by atoms with van der Waals surface area (Å²) in [6.45, 7) is 0.467. The van der Waals surface area contributed by atoms with E-state index in [4.69, 9.17) is 4.74 Å². The standard InChI is InChI=1S/C22H20N2O3/c1-27-20-13-16(11-12-19(20)25)21-23-18-10-6-5-9-17(18)22(26)24(21)14-15-7-3-2-4-8-15/h2-13,21,23,25H,14H2,1H3. The summed E-state index contributed by atoms with van der Waals surface area (Å²) in [7, 11) is 1.51. The number of phenolic OH excluding ortho intramolecular Hbond substituents is 1. The molecule has 1 unspecified atom stereocenters. The quantitative estimate of drug-likeness (QED) is 0.733. The first-order chi connectivity index (χ1) is 13.2. The van der Waals surface area contributed by atoms with Crippen molar-refractivity contribution in [3.05, 3.63) is 89.5 Å². The number of fused-ring (bicyclic) bond motifs is 1. The highest BCUT2D eigenvalue weighted by Crippen LogP contribution is 2.37. The zero-order valence-corrected chi connectivity index (χ0v) is 14.9. The van der Waals surface area contributed by atoms with E-state index in [0.717, 1.165) is 16.8 Å². The first-order valence-corrected chi connectivity index (χ1v) is 8.75. The Kier molecular flexibility index (Phi) is 4.42. The molecule has 0 radical (unpaired) electrons. The molecule has 0 spiro atoms. The van der Waals surface area contributed by atoms with Crippen molar-refractivity contribution in [2.24, 2.45) is 0 Å². The van der Waals surface area contributed by atoms with Crippen molar-refractivity contribution in [1.82, 2.24) is 4.90 Å². The molecule has 1 heterocycles. The predicted octanol–water partition coefficient (Wildman–Crippen LogP) is 4.17. The number of hydrogen-bond acceptors (Lipinski definition) is 4. The maximum atomic E-state index is 13.2. The topological polar surface area (TPSA) is 61.8 Å². The molecule has 1 aliphatic rings. The Labute approximate surface area is 157 Å². The highest BCUT2D eigenvalue weighted by atomic mass is 16.5. The molecule has 136 valence electrons. The van der Waals surface area contributed by atoms with Gasteiger partial charge in [-0.2, -0.15) is 0 Å². The molecule has 0 fully saturated rings. The molecule has 2 N–H and O–H groups in total. The predicted molar refractivity (Wildman–Crippen MR) is 104 cm³/mol. The van der Waals surface area contributed by atoms with Crippen LogP contribution >= 0.6 is 0 Å². The van der Waals surface area contributed by atoms with Gasteiger partial charge in [-0.3, -0.25) is 4.79 Å². The molecular formula is C22H20N2O3. The second-order valence-corrected chi connectivity index (χ2v) is 6.44. The van der Waals surface area contributed by atoms with E-state index in [0.29, 0.717) is 17.9 Å². The molecule has 3 aromatic rings. The van der Waals surface area contributed by atoms with Crippen LogP contribution in [0.15, 0.2) is 72.8 Å². The van der Waals surface area contributed by atoms with E-state index >= 15 is 0 Å². The van der Waals surface area contributed by atoms with E-state index in [2.05, 4.69) is 5.32 Å². The Balaban J connectivity index is 1.77. The number of nitrogens with zero attached hydrogens (tertiary/aromatic N) is 1. The van der Waals surface area contributed by atoms with Crippen LogP contribution in [0.5, 0.6) is 11.5 Å². The van der Waals surface area contributed by atoms with Crippen molar-refractivity contribution in [3.63, 3.8) is 0 Å². The minimum absolute atomic E-state index is 0.0368. The first-order valence-electron chi connectivity index (χ1n) is 8.75. The molecule has 1 aliphatic heterocycles. The second-order valence-electron chi connectivity index (χ2n) is 6.44. The number of hydrogen-bond donors (Lipinski definition) is 2. The number of para-hydroxylation sites is 1. The molecule has 3 aromatic carbocycles. The third-order valence-corrected chi connectivity index (χ3v) is 4.74. The SMILES string of the molecule is COc1cc(C2Nc3ccccc3C(=O)N2Cc2ccccc2)ccc1O. The maximum Gasteiger partial charge on any atom is 0.258 e. The summed E-state index contributed by atoms with van der Waals surface area (Å²) in [5.74, 6) is 0.406. The highest BCUT2D eigenvalue weighted by Gasteiger charge is 2.33. The molecule has 5 heteroatoms. The summed E-state index contributed by atoms with van der Waals surface area (Å²) in [4.78, 5) is 15.0. The van der Waals surface area contributed by atoms with Gasteiger partial charge in [-0.1, -0.05) is 48.5 Å². The number of methoxy groups -OCH3 is 1. The Hall–Kier alpha value is -3.47. The number of phenols is 1. The van der Waals surface area contributed by atoms with Crippen molar-refractivity contribution < 1.29 is 14.6 Å². The van der Waals surface area contributed by atoms with Crippen molar-refractivity contribution >= 4 is 11.6 Å². The number of carbonyl (C=O) groups is 1. The van der Waals surface area contributed by atoms with Gasteiger partial charge in [-0.25, -0.2) is 0 Å². The van der Waals surface area contributed by atoms with Crippen LogP contribution in [-0.2, 0) is 6.54 Å². The van der Waals surface area contributed by atoms with Gasteiger partial charge in [0.1, 0.15) is 6.17 Å². The lowest BCUT2D eigenvalue weighted by atomic mass is 10.0. The van der Waals surface area contributed by atoms with Gasteiger partial charge < -0.3 is 20.1 Å². The van der Waals surface area contributed by atoms with Crippen molar-refractivity contribution in [2.75, 3.05) is 12.4 Å². The van der Waals surface area contributed by atoms with E-state index in [-0.39, 0.29) is 17.8 Å². The van der Waals surface area contributed by atoms with Crippen molar-refractivity contribution in [2.45, 2.75) is 12.7 Å². The molecular weight excluding hydrogens is 340 g/mol. The Morgan fingerprint density at radius 2 is 1.78 bits per heavy atom. The van der Waals surface area contributed by atoms with Crippen LogP contribution in [0.3, 0.4) is 0 Å². The number of carbonyl (C=O) groups excluding carboxylic acids is 1. The van der Waals surface area contributed by atoms with Crippen LogP contribution in [0.1, 0.15) is 27.7 Å². The van der Waals surface area contributed by atoms with E-state index in [1.165, 1.54) is 7.11 Å². The van der Waals surface area contributed by atoms with Crippen LogP contribution in [0.4, 0.5) is 5.69 Å². The van der Waals surface area contributed by atoms with Gasteiger partial charge in [0.05, 0.1) is 12.7 Å². The smallest absolute Gasteiger partial charge is 0.258 e. The molecule has 0 saturated carbocycles. The number of amides is 1. The third kappa shape index (κ3) is 3.19. The zero-order valence-electron chi connectivity index (χ0n) is 14.9. The fourth-order valence-corrected chi connectivity index (χ4v) is 3.36. The molecule has 0 aliphatic carbocycles. The number of anilines is 1. The van der Waals surface area contributed by atoms with Gasteiger partial charge in [0.15, 0.2) is 11.5 Å². The monoisotopic (exact) mass is 360 g/mol. The summed E-state index contributed by atoms with van der Waals surface area (Å²) in [5.41, 5.74) is 3.32. The van der Waals surface area contributed by atoms with E-state index in [1.54, 1.807) is 23.1 Å². The number of nitrogens with one attached hydrogen (secondary N) is 1.